The maximum atomic E-state index is 12.7. The van der Waals surface area contributed by atoms with Crippen molar-refractivity contribution in [3.8, 4) is 11.1 Å². The van der Waals surface area contributed by atoms with E-state index in [1.165, 1.54) is 0 Å². The molecule has 1 unspecified atom stereocenters. The first kappa shape index (κ1) is 24.7. The average molecular weight is 481 g/mol. The van der Waals surface area contributed by atoms with Crippen LogP contribution in [0, 0.1) is 11.8 Å². The van der Waals surface area contributed by atoms with Gasteiger partial charge in [0, 0.05) is 18.4 Å². The van der Waals surface area contributed by atoms with E-state index in [0.29, 0.717) is 13.0 Å². The number of alkyl carbamates (subject to hydrolysis) is 1. The molecule has 8 nitrogen and oxygen atoms in total. The van der Waals surface area contributed by atoms with Gasteiger partial charge in [-0.05, 0) is 47.9 Å². The molecule has 1 saturated carbocycles. The summed E-state index contributed by atoms with van der Waals surface area (Å²) in [5.74, 6) is -2.16. The fraction of sp³-hybridized carbons (Fsp3) is 0.444. The van der Waals surface area contributed by atoms with Crippen molar-refractivity contribution in [2.24, 2.45) is 11.8 Å². The van der Waals surface area contributed by atoms with Gasteiger partial charge in [-0.1, -0.05) is 61.4 Å². The minimum Gasteiger partial charge on any atom is -0.479 e. The largest absolute Gasteiger partial charge is 0.479 e. The predicted molar refractivity (Wildman–Crippen MR) is 130 cm³/mol. The number of carboxylic acid groups (broad SMARTS) is 1. The smallest absolute Gasteiger partial charge is 0.407 e. The Hall–Kier alpha value is -3.39. The maximum absolute atomic E-state index is 12.7. The topological polar surface area (TPSA) is 125 Å². The van der Waals surface area contributed by atoms with Crippen molar-refractivity contribution in [2.45, 2.75) is 44.1 Å². The third-order valence-corrected chi connectivity index (χ3v) is 7.17. The number of amides is 2. The quantitative estimate of drug-likeness (QED) is 0.460. The van der Waals surface area contributed by atoms with Crippen LogP contribution in [0.15, 0.2) is 48.5 Å². The van der Waals surface area contributed by atoms with E-state index in [1.54, 1.807) is 0 Å². The van der Waals surface area contributed by atoms with Gasteiger partial charge in [0.25, 0.3) is 0 Å². The fourth-order valence-electron chi connectivity index (χ4n) is 5.13. The molecular formula is C27H32N2O6. The van der Waals surface area contributed by atoms with Gasteiger partial charge in [0.1, 0.15) is 6.61 Å². The third-order valence-electron chi connectivity index (χ3n) is 7.17. The summed E-state index contributed by atoms with van der Waals surface area (Å²) in [5, 5.41) is 24.3. The lowest BCUT2D eigenvalue weighted by Gasteiger charge is -2.31. The van der Waals surface area contributed by atoms with Crippen LogP contribution in [0.1, 0.15) is 49.7 Å². The van der Waals surface area contributed by atoms with Crippen molar-refractivity contribution in [1.82, 2.24) is 10.6 Å². The van der Waals surface area contributed by atoms with E-state index in [2.05, 4.69) is 34.9 Å². The number of benzene rings is 2. The van der Waals surface area contributed by atoms with E-state index in [-0.39, 0.29) is 36.8 Å². The molecule has 4 N–H and O–H groups in total. The highest BCUT2D eigenvalue weighted by Crippen LogP contribution is 2.44. The molecule has 0 aliphatic heterocycles. The molecule has 35 heavy (non-hydrogen) atoms. The molecule has 0 spiro atoms. The molecule has 2 aromatic carbocycles. The second-order valence-corrected chi connectivity index (χ2v) is 9.65. The highest BCUT2D eigenvalue weighted by atomic mass is 16.5. The molecule has 2 aliphatic carbocycles. The van der Waals surface area contributed by atoms with Crippen LogP contribution in [0.5, 0.6) is 0 Å². The Balaban J connectivity index is 1.31. The van der Waals surface area contributed by atoms with Crippen molar-refractivity contribution in [3.05, 3.63) is 59.7 Å². The van der Waals surface area contributed by atoms with Crippen LogP contribution in [-0.2, 0) is 14.3 Å². The Labute approximate surface area is 204 Å². The number of aliphatic hydroxyl groups is 1. The number of carboxylic acids is 1. The summed E-state index contributed by atoms with van der Waals surface area (Å²) < 4.78 is 5.60. The number of fused-ring (bicyclic) bond motifs is 3. The highest BCUT2D eigenvalue weighted by molar-refractivity contribution is 5.82. The molecule has 2 amide bonds. The predicted octanol–water partition coefficient (Wildman–Crippen LogP) is 3.28. The molecule has 8 heteroatoms. The summed E-state index contributed by atoms with van der Waals surface area (Å²) >= 11 is 0. The van der Waals surface area contributed by atoms with Crippen molar-refractivity contribution in [1.29, 1.82) is 0 Å². The maximum Gasteiger partial charge on any atom is 0.407 e. The fourth-order valence-corrected chi connectivity index (χ4v) is 5.13. The van der Waals surface area contributed by atoms with E-state index in [4.69, 9.17) is 9.84 Å². The summed E-state index contributed by atoms with van der Waals surface area (Å²) in [7, 11) is 0. The van der Waals surface area contributed by atoms with E-state index < -0.39 is 17.7 Å². The number of ether oxygens (including phenoxy) is 1. The molecule has 0 saturated heterocycles. The van der Waals surface area contributed by atoms with Gasteiger partial charge in [-0.15, -0.1) is 0 Å². The Kier molecular flexibility index (Phi) is 7.40. The van der Waals surface area contributed by atoms with Gasteiger partial charge in [-0.25, -0.2) is 9.59 Å². The van der Waals surface area contributed by atoms with Gasteiger partial charge in [-0.2, -0.15) is 0 Å². The summed E-state index contributed by atoms with van der Waals surface area (Å²) in [4.78, 5) is 36.3. The first-order valence-electron chi connectivity index (χ1n) is 12.1. The lowest BCUT2D eigenvalue weighted by atomic mass is 9.78. The van der Waals surface area contributed by atoms with Crippen LogP contribution < -0.4 is 10.6 Å². The highest BCUT2D eigenvalue weighted by Gasteiger charge is 2.35. The molecule has 1 fully saturated rings. The monoisotopic (exact) mass is 480 g/mol. The van der Waals surface area contributed by atoms with Crippen molar-refractivity contribution in [2.75, 3.05) is 19.7 Å². The minimum atomic E-state index is -2.03. The van der Waals surface area contributed by atoms with Gasteiger partial charge in [0.2, 0.25) is 5.91 Å². The third kappa shape index (κ3) is 5.48. The van der Waals surface area contributed by atoms with Crippen molar-refractivity contribution in [3.63, 3.8) is 0 Å². The Bertz CT molecular complexity index is 1050. The van der Waals surface area contributed by atoms with E-state index in [9.17, 15) is 19.5 Å². The molecule has 0 bridgehead atoms. The summed E-state index contributed by atoms with van der Waals surface area (Å²) in [5.41, 5.74) is 2.58. The number of nitrogens with one attached hydrogen (secondary N) is 2. The summed E-state index contributed by atoms with van der Waals surface area (Å²) in [6.45, 7) is 1.29. The molecule has 0 radical (unpaired) electrons. The first-order chi connectivity index (χ1) is 16.8. The number of rotatable bonds is 8. The van der Waals surface area contributed by atoms with Crippen LogP contribution in [0.2, 0.25) is 0 Å². The van der Waals surface area contributed by atoms with Gasteiger partial charge >= 0.3 is 12.1 Å². The number of hydrogen-bond acceptors (Lipinski definition) is 5. The van der Waals surface area contributed by atoms with Gasteiger partial charge in [-0.3, -0.25) is 4.79 Å². The zero-order valence-corrected chi connectivity index (χ0v) is 19.8. The molecule has 2 aromatic rings. The summed E-state index contributed by atoms with van der Waals surface area (Å²) in [6, 6.07) is 16.3. The zero-order chi connectivity index (χ0) is 25.0. The molecule has 0 aromatic heterocycles. The number of aliphatic carboxylic acids is 1. The number of hydrogen-bond donors (Lipinski definition) is 4. The SMILES string of the molecule is CC(O)(CNC(=O)[C@@H]1CCCC[C@@H]1CNC(=O)OCC1c2ccccc2-c2ccccc21)C(=O)O. The zero-order valence-electron chi connectivity index (χ0n) is 19.8. The number of carbonyl (C=O) groups excluding carboxylic acids is 2. The molecule has 2 aliphatic rings. The van der Waals surface area contributed by atoms with Gasteiger partial charge in [0.05, 0.1) is 6.54 Å². The standard InChI is InChI=1S/C27H32N2O6/c1-27(34,25(31)32)16-29-24(30)18-9-3-2-8-17(18)14-28-26(33)35-15-23-21-12-6-4-10-19(21)20-11-5-7-13-22(20)23/h4-7,10-13,17-18,23,34H,2-3,8-9,14-16H2,1H3,(H,28,33)(H,29,30)(H,31,32)/t17-,18-,27?/m1/s1. The number of carbonyl (C=O) groups is 3. The van der Waals surface area contributed by atoms with Gasteiger partial charge in [0.15, 0.2) is 5.60 Å². The Morgan fingerprint density at radius 3 is 2.20 bits per heavy atom. The van der Waals surface area contributed by atoms with E-state index >= 15 is 0 Å². The van der Waals surface area contributed by atoms with Crippen molar-refractivity contribution >= 4 is 18.0 Å². The van der Waals surface area contributed by atoms with Crippen LogP contribution in [0.3, 0.4) is 0 Å². The lowest BCUT2D eigenvalue weighted by Crippen LogP contribution is -2.49. The Morgan fingerprint density at radius 2 is 1.57 bits per heavy atom. The van der Waals surface area contributed by atoms with E-state index in [1.807, 2.05) is 24.3 Å². The second-order valence-electron chi connectivity index (χ2n) is 9.65. The van der Waals surface area contributed by atoms with Crippen LogP contribution in [0.4, 0.5) is 4.79 Å². The molecule has 3 atom stereocenters. The van der Waals surface area contributed by atoms with Crippen molar-refractivity contribution < 1.29 is 29.3 Å². The lowest BCUT2D eigenvalue weighted by molar-refractivity contribution is -0.156. The molecule has 4 rings (SSSR count). The van der Waals surface area contributed by atoms with Crippen LogP contribution >= 0.6 is 0 Å². The normalized spacial score (nSPS) is 20.7. The average Bonchev–Trinajstić information content (AvgIpc) is 3.18. The summed E-state index contributed by atoms with van der Waals surface area (Å²) in [6.07, 6.45) is 2.74. The molecular weight excluding hydrogens is 448 g/mol. The van der Waals surface area contributed by atoms with Gasteiger partial charge < -0.3 is 25.6 Å². The molecule has 0 heterocycles. The van der Waals surface area contributed by atoms with E-state index in [0.717, 1.165) is 48.4 Å². The second kappa shape index (κ2) is 10.5. The van der Waals surface area contributed by atoms with Crippen LogP contribution in [0.25, 0.3) is 11.1 Å². The van der Waals surface area contributed by atoms with Crippen LogP contribution in [-0.4, -0.2) is 53.5 Å². The molecule has 186 valence electrons. The first-order valence-corrected chi connectivity index (χ1v) is 12.1. The Morgan fingerprint density at radius 1 is 0.971 bits per heavy atom. The minimum absolute atomic E-state index is 0.0246.